The van der Waals surface area contributed by atoms with Crippen LogP contribution in [0.15, 0.2) is 223 Å². The average Bonchev–Trinajstić information content (AvgIpc) is 3.63. The van der Waals surface area contributed by atoms with Gasteiger partial charge in [0.15, 0.2) is 0 Å². The highest BCUT2D eigenvalue weighted by atomic mass is 16.3. The molecule has 3 nitrogen and oxygen atoms in total. The van der Waals surface area contributed by atoms with E-state index in [0.717, 1.165) is 83.5 Å². The molecule has 0 fully saturated rings. The first-order valence-corrected chi connectivity index (χ1v) is 18.7. The van der Waals surface area contributed by atoms with E-state index in [4.69, 9.17) is 4.42 Å². The van der Waals surface area contributed by atoms with E-state index in [-0.39, 0.29) is 0 Å². The van der Waals surface area contributed by atoms with E-state index in [1.54, 1.807) is 0 Å². The van der Waals surface area contributed by atoms with Crippen LogP contribution in [0.2, 0.25) is 0 Å². The normalized spacial score (nSPS) is 11.3. The summed E-state index contributed by atoms with van der Waals surface area (Å²) in [6.45, 7) is 0. The maximum atomic E-state index is 6.92. The zero-order valence-corrected chi connectivity index (χ0v) is 30.1. The first kappa shape index (κ1) is 32.3. The van der Waals surface area contributed by atoms with Crippen LogP contribution in [0.3, 0.4) is 0 Å². The summed E-state index contributed by atoms with van der Waals surface area (Å²) < 4.78 is 6.92. The van der Waals surface area contributed by atoms with Crippen LogP contribution in [-0.4, -0.2) is 0 Å². The van der Waals surface area contributed by atoms with Crippen LogP contribution in [-0.2, 0) is 0 Å². The summed E-state index contributed by atoms with van der Waals surface area (Å²) in [7, 11) is 0. The molecule has 3 heteroatoms. The fraction of sp³-hybridized carbons (Fsp3) is 0. The van der Waals surface area contributed by atoms with Crippen molar-refractivity contribution in [2.45, 2.75) is 0 Å². The SMILES string of the molecule is c1ccc(-c2cccc(N(c3ccccc3)c3cc4oc5c6ccccc6ccc5c4cc3N(c3ccccc3)c3ccccc3-c3ccccc3)c2)cc1. The number of nitrogens with zero attached hydrogens (tertiary/aromatic N) is 2. The van der Waals surface area contributed by atoms with Crippen LogP contribution in [0.25, 0.3) is 55.0 Å². The Labute approximate surface area is 320 Å². The topological polar surface area (TPSA) is 19.6 Å². The maximum absolute atomic E-state index is 6.92. The van der Waals surface area contributed by atoms with Crippen molar-refractivity contribution < 1.29 is 4.42 Å². The average molecular weight is 705 g/mol. The molecule has 55 heavy (non-hydrogen) atoms. The number of rotatable bonds is 8. The summed E-state index contributed by atoms with van der Waals surface area (Å²) in [4.78, 5) is 4.78. The smallest absolute Gasteiger partial charge is 0.143 e. The second-order valence-corrected chi connectivity index (χ2v) is 13.7. The predicted octanol–water partition coefficient (Wildman–Crippen LogP) is 15.0. The lowest BCUT2D eigenvalue weighted by molar-refractivity contribution is 0.672. The van der Waals surface area contributed by atoms with E-state index in [9.17, 15) is 0 Å². The van der Waals surface area contributed by atoms with Crippen LogP contribution < -0.4 is 9.80 Å². The van der Waals surface area contributed by atoms with Gasteiger partial charge in [-0.05, 0) is 76.7 Å². The van der Waals surface area contributed by atoms with Gasteiger partial charge in [-0.1, -0.05) is 158 Å². The third-order valence-corrected chi connectivity index (χ3v) is 10.4. The molecule has 1 aromatic heterocycles. The summed E-state index contributed by atoms with van der Waals surface area (Å²) >= 11 is 0. The van der Waals surface area contributed by atoms with Crippen LogP contribution in [0.5, 0.6) is 0 Å². The highest BCUT2D eigenvalue weighted by Crippen LogP contribution is 2.51. The van der Waals surface area contributed by atoms with Crippen molar-refractivity contribution in [3.63, 3.8) is 0 Å². The molecule has 0 atom stereocenters. The number of hydrogen-bond donors (Lipinski definition) is 0. The molecule has 10 rings (SSSR count). The summed E-state index contributed by atoms with van der Waals surface area (Å²) in [5.74, 6) is 0. The Balaban J connectivity index is 1.32. The van der Waals surface area contributed by atoms with Crippen molar-refractivity contribution in [1.29, 1.82) is 0 Å². The first-order chi connectivity index (χ1) is 27.3. The zero-order chi connectivity index (χ0) is 36.6. The van der Waals surface area contributed by atoms with Crippen molar-refractivity contribution in [3.8, 4) is 22.3 Å². The molecular weight excluding hydrogens is 669 g/mol. The molecular formula is C52H36N2O. The number of hydrogen-bond acceptors (Lipinski definition) is 3. The second-order valence-electron chi connectivity index (χ2n) is 13.7. The van der Waals surface area contributed by atoms with Gasteiger partial charge in [0.2, 0.25) is 0 Å². The Morgan fingerprint density at radius 3 is 1.62 bits per heavy atom. The molecule has 0 aliphatic carbocycles. The molecule has 9 aromatic carbocycles. The summed E-state index contributed by atoms with van der Waals surface area (Å²) in [5.41, 5.74) is 12.5. The molecule has 0 spiro atoms. The molecule has 0 bridgehead atoms. The molecule has 0 saturated carbocycles. The van der Waals surface area contributed by atoms with E-state index < -0.39 is 0 Å². The van der Waals surface area contributed by atoms with Gasteiger partial charge in [-0.15, -0.1) is 0 Å². The van der Waals surface area contributed by atoms with Crippen LogP contribution in [0, 0.1) is 0 Å². The predicted molar refractivity (Wildman–Crippen MR) is 231 cm³/mol. The minimum atomic E-state index is 0.828. The molecule has 1 heterocycles. The maximum Gasteiger partial charge on any atom is 0.143 e. The Morgan fingerprint density at radius 1 is 0.309 bits per heavy atom. The number of anilines is 6. The molecule has 260 valence electrons. The first-order valence-electron chi connectivity index (χ1n) is 18.7. The lowest BCUT2D eigenvalue weighted by Gasteiger charge is -2.34. The lowest BCUT2D eigenvalue weighted by Crippen LogP contribution is -2.17. The minimum Gasteiger partial charge on any atom is -0.455 e. The van der Waals surface area contributed by atoms with Crippen molar-refractivity contribution in [3.05, 3.63) is 218 Å². The van der Waals surface area contributed by atoms with Gasteiger partial charge in [0.1, 0.15) is 11.2 Å². The zero-order valence-electron chi connectivity index (χ0n) is 30.1. The largest absolute Gasteiger partial charge is 0.455 e. The molecule has 0 radical (unpaired) electrons. The molecule has 0 N–H and O–H groups in total. The van der Waals surface area contributed by atoms with Crippen LogP contribution >= 0.6 is 0 Å². The van der Waals surface area contributed by atoms with E-state index in [1.165, 1.54) is 5.56 Å². The van der Waals surface area contributed by atoms with E-state index in [0.29, 0.717) is 0 Å². The monoisotopic (exact) mass is 704 g/mol. The van der Waals surface area contributed by atoms with Gasteiger partial charge in [-0.25, -0.2) is 0 Å². The Bertz CT molecular complexity index is 2920. The number of furan rings is 1. The Morgan fingerprint density at radius 2 is 0.873 bits per heavy atom. The summed E-state index contributed by atoms with van der Waals surface area (Å²) in [6.07, 6.45) is 0. The highest BCUT2D eigenvalue weighted by molar-refractivity contribution is 6.17. The lowest BCUT2D eigenvalue weighted by atomic mass is 10.00. The van der Waals surface area contributed by atoms with Crippen LogP contribution in [0.4, 0.5) is 34.1 Å². The van der Waals surface area contributed by atoms with Gasteiger partial charge in [0.05, 0.1) is 17.1 Å². The van der Waals surface area contributed by atoms with Gasteiger partial charge >= 0.3 is 0 Å². The fourth-order valence-electron chi connectivity index (χ4n) is 7.86. The second kappa shape index (κ2) is 13.9. The van der Waals surface area contributed by atoms with Gasteiger partial charge in [0, 0.05) is 44.9 Å². The Kier molecular flexibility index (Phi) is 8.16. The quantitative estimate of drug-likeness (QED) is 0.157. The van der Waals surface area contributed by atoms with Gasteiger partial charge < -0.3 is 14.2 Å². The van der Waals surface area contributed by atoms with Crippen LogP contribution in [0.1, 0.15) is 0 Å². The van der Waals surface area contributed by atoms with E-state index in [1.807, 2.05) is 0 Å². The fourth-order valence-corrected chi connectivity index (χ4v) is 7.86. The van der Waals surface area contributed by atoms with E-state index in [2.05, 4.69) is 228 Å². The van der Waals surface area contributed by atoms with Gasteiger partial charge in [0.25, 0.3) is 0 Å². The van der Waals surface area contributed by atoms with Crippen molar-refractivity contribution in [2.24, 2.45) is 0 Å². The number of fused-ring (bicyclic) bond motifs is 5. The minimum absolute atomic E-state index is 0.828. The summed E-state index contributed by atoms with van der Waals surface area (Å²) in [6, 6.07) is 77.5. The van der Waals surface area contributed by atoms with Crippen molar-refractivity contribution in [1.82, 2.24) is 0 Å². The Hall–Kier alpha value is -7.36. The van der Waals surface area contributed by atoms with Gasteiger partial charge in [-0.2, -0.15) is 0 Å². The standard InChI is InChI=1S/C52H36N2O/c1-5-18-37(19-6-1)40-23-17-28-43(34-40)53(41-24-9-3-10-25-41)50-36-51-47(46-33-32-39-22-13-14-30-45(39)52(46)55-51)35-49(50)54(42-26-11-4-12-27-42)48-31-16-15-29-44(48)38-20-7-2-8-21-38/h1-36H. The van der Waals surface area contributed by atoms with Crippen molar-refractivity contribution >= 4 is 66.8 Å². The van der Waals surface area contributed by atoms with Crippen molar-refractivity contribution in [2.75, 3.05) is 9.80 Å². The molecule has 0 aliphatic rings. The third kappa shape index (κ3) is 5.89. The molecule has 0 saturated heterocycles. The van der Waals surface area contributed by atoms with E-state index >= 15 is 0 Å². The molecule has 10 aromatic rings. The summed E-state index contributed by atoms with van der Waals surface area (Å²) in [5, 5.41) is 4.40. The third-order valence-electron chi connectivity index (χ3n) is 10.4. The number of benzene rings is 9. The highest BCUT2D eigenvalue weighted by Gasteiger charge is 2.26. The number of para-hydroxylation sites is 3. The molecule has 0 amide bonds. The molecule has 0 aliphatic heterocycles. The van der Waals surface area contributed by atoms with Gasteiger partial charge in [-0.3, -0.25) is 0 Å². The molecule has 0 unspecified atom stereocenters.